The van der Waals surface area contributed by atoms with Crippen molar-refractivity contribution in [3.8, 4) is 11.5 Å². The molecule has 1 aliphatic rings. The van der Waals surface area contributed by atoms with Gasteiger partial charge in [-0.25, -0.2) is 9.79 Å². The molecule has 0 saturated heterocycles. The zero-order valence-electron chi connectivity index (χ0n) is 17.3. The smallest absolute Gasteiger partial charge is 0.344 e. The van der Waals surface area contributed by atoms with Crippen LogP contribution in [-0.4, -0.2) is 41.8 Å². The van der Waals surface area contributed by atoms with E-state index >= 15 is 0 Å². The van der Waals surface area contributed by atoms with Crippen molar-refractivity contribution in [3.63, 3.8) is 0 Å². The number of hydrogen-bond donors (Lipinski definition) is 1. The number of esters is 1. The third-order valence-electron chi connectivity index (χ3n) is 3.82. The van der Waals surface area contributed by atoms with Gasteiger partial charge in [0.15, 0.2) is 11.5 Å². The van der Waals surface area contributed by atoms with Crippen molar-refractivity contribution in [1.82, 2.24) is 0 Å². The van der Waals surface area contributed by atoms with Gasteiger partial charge in [-0.1, -0.05) is 18.7 Å². The zero-order chi connectivity index (χ0) is 22.3. The first kappa shape index (κ1) is 24.0. The van der Waals surface area contributed by atoms with E-state index in [2.05, 4.69) is 20.9 Å². The third-order valence-corrected chi connectivity index (χ3v) is 5.43. The average Bonchev–Trinajstić information content (AvgIpc) is 2.99. The summed E-state index contributed by atoms with van der Waals surface area (Å²) in [5.41, 5.74) is 0.596. The molecule has 0 unspecified atom stereocenters. The molecule has 162 valence electrons. The third kappa shape index (κ3) is 5.66. The van der Waals surface area contributed by atoms with Crippen LogP contribution in [0.2, 0.25) is 0 Å². The predicted molar refractivity (Wildman–Crippen MR) is 121 cm³/mol. The molecule has 7 nitrogen and oxygen atoms in total. The van der Waals surface area contributed by atoms with Crippen molar-refractivity contribution in [2.24, 2.45) is 4.99 Å². The summed E-state index contributed by atoms with van der Waals surface area (Å²) in [7, 11) is 0. The number of thioether (sulfide) groups is 1. The number of rotatable bonds is 8. The Balaban J connectivity index is 2.53. The molecule has 0 atom stereocenters. The monoisotopic (exact) mass is 497 g/mol. The first-order chi connectivity index (χ1) is 14.4. The molecular weight excluding hydrogens is 474 g/mol. The van der Waals surface area contributed by atoms with Crippen LogP contribution < -0.4 is 9.47 Å². The minimum absolute atomic E-state index is 0.107. The number of ether oxygens (including phenoxy) is 3. The molecule has 1 N–H and O–H groups in total. The molecule has 2 rings (SSSR count). The van der Waals surface area contributed by atoms with Gasteiger partial charge in [0, 0.05) is 6.42 Å². The number of benzene rings is 1. The molecule has 0 aliphatic carbocycles. The van der Waals surface area contributed by atoms with Crippen molar-refractivity contribution >= 4 is 50.7 Å². The minimum atomic E-state index is -0.726. The van der Waals surface area contributed by atoms with Crippen molar-refractivity contribution in [2.45, 2.75) is 34.1 Å². The fourth-order valence-electron chi connectivity index (χ4n) is 2.55. The van der Waals surface area contributed by atoms with Gasteiger partial charge in [-0.15, -0.1) is 0 Å². The van der Waals surface area contributed by atoms with Crippen LogP contribution in [0.4, 0.5) is 0 Å². The molecule has 1 aliphatic heterocycles. The van der Waals surface area contributed by atoms with Crippen LogP contribution in [0.3, 0.4) is 0 Å². The van der Waals surface area contributed by atoms with E-state index < -0.39 is 11.9 Å². The second-order valence-electron chi connectivity index (χ2n) is 5.91. The number of hydrogen-bond acceptors (Lipinski definition) is 7. The number of nitrogens with zero attached hydrogens (tertiary/aromatic N) is 1. The maximum absolute atomic E-state index is 12.3. The van der Waals surface area contributed by atoms with Gasteiger partial charge < -0.3 is 19.3 Å². The Morgan fingerprint density at radius 2 is 1.83 bits per heavy atom. The second-order valence-corrected chi connectivity index (χ2v) is 7.80. The van der Waals surface area contributed by atoms with E-state index in [1.807, 2.05) is 19.9 Å². The lowest BCUT2D eigenvalue weighted by Crippen LogP contribution is -2.14. The van der Waals surface area contributed by atoms with E-state index in [1.54, 1.807) is 26.0 Å². The van der Waals surface area contributed by atoms with Gasteiger partial charge in [0.1, 0.15) is 16.4 Å². The first-order valence-electron chi connectivity index (χ1n) is 9.57. The van der Waals surface area contributed by atoms with Crippen LogP contribution in [0, 0.1) is 0 Å². The van der Waals surface area contributed by atoms with E-state index in [9.17, 15) is 14.7 Å². The molecule has 30 heavy (non-hydrogen) atoms. The molecule has 0 fully saturated rings. The highest BCUT2D eigenvalue weighted by atomic mass is 79.9. The summed E-state index contributed by atoms with van der Waals surface area (Å²) in [6.45, 7) is 8.15. The summed E-state index contributed by atoms with van der Waals surface area (Å²) in [4.78, 5) is 28.5. The SMILES string of the molecule is CCOC(=O)C1=C(O)/C(=C/c2cc(Br)c(OCC)c(OCC)c2)SC1=NC(=O)CC. The maximum atomic E-state index is 12.3. The van der Waals surface area contributed by atoms with Gasteiger partial charge in [-0.2, -0.15) is 0 Å². The lowest BCUT2D eigenvalue weighted by Gasteiger charge is -2.13. The van der Waals surface area contributed by atoms with Crippen molar-refractivity contribution < 1.29 is 28.9 Å². The highest BCUT2D eigenvalue weighted by Gasteiger charge is 2.33. The Morgan fingerprint density at radius 3 is 2.43 bits per heavy atom. The Bertz CT molecular complexity index is 922. The molecular formula is C21H24BrNO6S. The summed E-state index contributed by atoms with van der Waals surface area (Å²) >= 11 is 4.52. The molecule has 1 aromatic carbocycles. The van der Waals surface area contributed by atoms with Crippen LogP contribution in [0.25, 0.3) is 6.08 Å². The Hall–Kier alpha value is -2.26. The van der Waals surface area contributed by atoms with Crippen LogP contribution >= 0.6 is 27.7 Å². The number of halogens is 1. The predicted octanol–water partition coefficient (Wildman–Crippen LogP) is 5.04. The summed E-state index contributed by atoms with van der Waals surface area (Å²) < 4.78 is 17.0. The quantitative estimate of drug-likeness (QED) is 0.502. The van der Waals surface area contributed by atoms with E-state index in [-0.39, 0.29) is 29.4 Å². The highest BCUT2D eigenvalue weighted by Crippen LogP contribution is 2.42. The zero-order valence-corrected chi connectivity index (χ0v) is 19.7. The van der Waals surface area contributed by atoms with Crippen LogP contribution in [0.5, 0.6) is 11.5 Å². The number of aliphatic imine (C=N–C) groups is 1. The summed E-state index contributed by atoms with van der Waals surface area (Å²) in [5.74, 6) is -0.257. The Kier molecular flexibility index (Phi) is 8.98. The topological polar surface area (TPSA) is 94.4 Å². The van der Waals surface area contributed by atoms with Crippen LogP contribution in [0.15, 0.2) is 37.8 Å². The molecule has 1 amide bonds. The second kappa shape index (κ2) is 11.2. The molecule has 1 heterocycles. The molecule has 0 bridgehead atoms. The number of amides is 1. The molecule has 0 spiro atoms. The fraction of sp³-hybridized carbons (Fsp3) is 0.381. The number of aliphatic hydroxyl groups is 1. The van der Waals surface area contributed by atoms with E-state index in [0.717, 1.165) is 11.8 Å². The number of carbonyl (C=O) groups is 2. The molecule has 0 radical (unpaired) electrons. The summed E-state index contributed by atoms with van der Waals surface area (Å²) in [6.07, 6.45) is 1.87. The molecule has 1 aromatic rings. The number of carbonyl (C=O) groups excluding carboxylic acids is 2. The minimum Gasteiger partial charge on any atom is -0.506 e. The van der Waals surface area contributed by atoms with Crippen LogP contribution in [-0.2, 0) is 14.3 Å². The summed E-state index contributed by atoms with van der Waals surface area (Å²) in [6, 6.07) is 3.58. The Labute approximate surface area is 188 Å². The summed E-state index contributed by atoms with van der Waals surface area (Å²) in [5, 5.41) is 10.8. The van der Waals surface area contributed by atoms with Crippen molar-refractivity contribution in [3.05, 3.63) is 38.4 Å². The van der Waals surface area contributed by atoms with Gasteiger partial charge in [-0.3, -0.25) is 4.79 Å². The standard InChI is InChI=1S/C21H24BrNO6S/c1-5-16(24)23-20-17(21(26)29-8-4)18(25)15(30-20)11-12-9-13(22)19(28-7-3)14(10-12)27-6-2/h9-11,25H,5-8H2,1-4H3/b15-11-,23-20?. The molecule has 9 heteroatoms. The largest absolute Gasteiger partial charge is 0.506 e. The average molecular weight is 498 g/mol. The fourth-order valence-corrected chi connectivity index (χ4v) is 4.16. The van der Waals surface area contributed by atoms with Gasteiger partial charge in [-0.05, 0) is 60.5 Å². The van der Waals surface area contributed by atoms with Gasteiger partial charge in [0.25, 0.3) is 0 Å². The lowest BCUT2D eigenvalue weighted by atomic mass is 10.1. The first-order valence-corrected chi connectivity index (χ1v) is 11.2. The van der Waals surface area contributed by atoms with Gasteiger partial charge in [0.05, 0.1) is 29.2 Å². The van der Waals surface area contributed by atoms with Gasteiger partial charge >= 0.3 is 5.97 Å². The van der Waals surface area contributed by atoms with Crippen LogP contribution in [0.1, 0.15) is 39.7 Å². The molecule has 0 saturated carbocycles. The van der Waals surface area contributed by atoms with Crippen molar-refractivity contribution in [2.75, 3.05) is 19.8 Å². The molecule has 0 aromatic heterocycles. The van der Waals surface area contributed by atoms with E-state index in [4.69, 9.17) is 14.2 Å². The lowest BCUT2D eigenvalue weighted by molar-refractivity contribution is -0.138. The van der Waals surface area contributed by atoms with Crippen molar-refractivity contribution in [1.29, 1.82) is 0 Å². The Morgan fingerprint density at radius 1 is 1.13 bits per heavy atom. The normalized spacial score (nSPS) is 16.3. The highest BCUT2D eigenvalue weighted by molar-refractivity contribution is 9.10. The van der Waals surface area contributed by atoms with E-state index in [0.29, 0.717) is 39.7 Å². The van der Waals surface area contributed by atoms with E-state index in [1.165, 1.54) is 0 Å². The maximum Gasteiger partial charge on any atom is 0.344 e. The van der Waals surface area contributed by atoms with Gasteiger partial charge in [0.2, 0.25) is 5.91 Å². The number of aliphatic hydroxyl groups excluding tert-OH is 1.